The van der Waals surface area contributed by atoms with Crippen LogP contribution in [0, 0.1) is 0 Å². The Bertz CT molecular complexity index is 771. The van der Waals surface area contributed by atoms with E-state index in [9.17, 15) is 5.11 Å². The zero-order valence-electron chi connectivity index (χ0n) is 12.4. The predicted octanol–water partition coefficient (Wildman–Crippen LogP) is 2.07. The molecule has 1 aromatic rings. The van der Waals surface area contributed by atoms with Gasteiger partial charge in [-0.2, -0.15) is 0 Å². The van der Waals surface area contributed by atoms with Crippen molar-refractivity contribution in [2.75, 3.05) is 13.3 Å². The third-order valence-corrected chi connectivity index (χ3v) is 5.46. The molecule has 4 aliphatic rings. The lowest BCUT2D eigenvalue weighted by atomic mass is 9.72. The van der Waals surface area contributed by atoms with Gasteiger partial charge in [-0.15, -0.1) is 0 Å². The molecule has 1 saturated heterocycles. The summed E-state index contributed by atoms with van der Waals surface area (Å²) in [6.07, 6.45) is 2.20. The first-order chi connectivity index (χ1) is 11.3. The normalized spacial score (nSPS) is 33.5. The van der Waals surface area contributed by atoms with E-state index in [0.717, 1.165) is 42.1 Å². The van der Waals surface area contributed by atoms with Crippen molar-refractivity contribution in [1.29, 1.82) is 0 Å². The lowest BCUT2D eigenvalue weighted by Crippen LogP contribution is -2.49. The molecule has 0 amide bonds. The van der Waals surface area contributed by atoms with E-state index < -0.39 is 12.1 Å². The number of nitrogens with zero attached hydrogens (tertiary/aromatic N) is 4. The number of azide groups is 1. The van der Waals surface area contributed by atoms with Crippen LogP contribution in [0.5, 0.6) is 11.5 Å². The van der Waals surface area contributed by atoms with Crippen LogP contribution in [0.4, 0.5) is 0 Å². The Morgan fingerprint density at radius 3 is 2.96 bits per heavy atom. The van der Waals surface area contributed by atoms with Gasteiger partial charge in [-0.1, -0.05) is 16.8 Å². The molecular weight excluding hydrogens is 296 g/mol. The number of ether oxygens (including phenoxy) is 2. The zero-order valence-corrected chi connectivity index (χ0v) is 12.4. The Morgan fingerprint density at radius 1 is 1.30 bits per heavy atom. The summed E-state index contributed by atoms with van der Waals surface area (Å²) < 4.78 is 11.0. The molecule has 1 fully saturated rings. The van der Waals surface area contributed by atoms with Crippen molar-refractivity contribution in [2.24, 2.45) is 5.11 Å². The van der Waals surface area contributed by atoms with Crippen LogP contribution in [-0.4, -0.2) is 41.5 Å². The fourth-order valence-corrected chi connectivity index (χ4v) is 4.51. The van der Waals surface area contributed by atoms with Gasteiger partial charge in [-0.3, -0.25) is 4.90 Å². The van der Waals surface area contributed by atoms with E-state index in [1.165, 1.54) is 5.57 Å². The smallest absolute Gasteiger partial charge is 0.231 e. The van der Waals surface area contributed by atoms with Gasteiger partial charge in [0.1, 0.15) is 0 Å². The number of hydrogen-bond donors (Lipinski definition) is 1. The van der Waals surface area contributed by atoms with Gasteiger partial charge in [0.2, 0.25) is 6.79 Å². The molecule has 1 aliphatic carbocycles. The van der Waals surface area contributed by atoms with Gasteiger partial charge in [-0.25, -0.2) is 0 Å². The van der Waals surface area contributed by atoms with E-state index in [-0.39, 0.29) is 18.8 Å². The molecule has 0 saturated carbocycles. The van der Waals surface area contributed by atoms with E-state index in [1.54, 1.807) is 0 Å². The molecule has 4 atom stereocenters. The van der Waals surface area contributed by atoms with Crippen molar-refractivity contribution >= 4 is 0 Å². The molecule has 3 aliphatic heterocycles. The van der Waals surface area contributed by atoms with Crippen molar-refractivity contribution in [1.82, 2.24) is 4.90 Å². The molecule has 0 aromatic heterocycles. The van der Waals surface area contributed by atoms with Crippen LogP contribution in [0.3, 0.4) is 0 Å². The maximum absolute atomic E-state index is 10.8. The molecule has 3 heterocycles. The minimum absolute atomic E-state index is 0.0914. The number of rotatable bonds is 1. The maximum Gasteiger partial charge on any atom is 0.231 e. The molecule has 1 aromatic carbocycles. The number of hydrogen-bond acceptors (Lipinski definition) is 5. The highest BCUT2D eigenvalue weighted by Gasteiger charge is 2.48. The zero-order chi connectivity index (χ0) is 15.6. The predicted molar refractivity (Wildman–Crippen MR) is 81.1 cm³/mol. The number of fused-ring (bicyclic) bond motifs is 3. The lowest BCUT2D eigenvalue weighted by Gasteiger charge is -2.44. The van der Waals surface area contributed by atoms with Crippen LogP contribution in [0.25, 0.3) is 10.4 Å². The molecule has 118 valence electrons. The average Bonchev–Trinajstić information content (AvgIpc) is 3.16. The monoisotopic (exact) mass is 312 g/mol. The average molecular weight is 312 g/mol. The standard InChI is InChI=1S/C16H16N4O3/c17-19-18-11-3-8-1-2-20-6-9-4-12-13(23-7-22-12)5-10(9)14(15(8)20)16(11)21/h3-5,11,14-16,21H,1-2,6-7H2. The fourth-order valence-electron chi connectivity index (χ4n) is 4.51. The van der Waals surface area contributed by atoms with Crippen LogP contribution in [0.15, 0.2) is 28.9 Å². The van der Waals surface area contributed by atoms with Crippen LogP contribution in [-0.2, 0) is 6.54 Å². The summed E-state index contributed by atoms with van der Waals surface area (Å²) in [5, 5.41) is 14.6. The summed E-state index contributed by atoms with van der Waals surface area (Å²) in [5.74, 6) is 1.42. The molecule has 7 nitrogen and oxygen atoms in total. The summed E-state index contributed by atoms with van der Waals surface area (Å²) in [4.78, 5) is 5.31. The minimum atomic E-state index is -0.723. The quantitative estimate of drug-likeness (QED) is 0.372. The third kappa shape index (κ3) is 1.75. The highest BCUT2D eigenvalue weighted by molar-refractivity contribution is 5.53. The molecule has 23 heavy (non-hydrogen) atoms. The summed E-state index contributed by atoms with van der Waals surface area (Å²) in [6, 6.07) is 3.71. The van der Waals surface area contributed by atoms with E-state index >= 15 is 0 Å². The largest absolute Gasteiger partial charge is 0.454 e. The van der Waals surface area contributed by atoms with Crippen molar-refractivity contribution in [3.63, 3.8) is 0 Å². The molecule has 5 rings (SSSR count). The first kappa shape index (κ1) is 13.2. The Hall–Kier alpha value is -2.21. The van der Waals surface area contributed by atoms with E-state index in [2.05, 4.69) is 14.9 Å². The Labute approximate surface area is 132 Å². The molecule has 0 bridgehead atoms. The van der Waals surface area contributed by atoms with E-state index in [0.29, 0.717) is 0 Å². The van der Waals surface area contributed by atoms with Crippen molar-refractivity contribution in [3.05, 3.63) is 45.4 Å². The molecule has 7 heteroatoms. The van der Waals surface area contributed by atoms with Crippen molar-refractivity contribution in [2.45, 2.75) is 37.1 Å². The van der Waals surface area contributed by atoms with Crippen molar-refractivity contribution < 1.29 is 14.6 Å². The third-order valence-electron chi connectivity index (χ3n) is 5.46. The lowest BCUT2D eigenvalue weighted by molar-refractivity contribution is 0.0716. The summed E-state index contributed by atoms with van der Waals surface area (Å²) >= 11 is 0. The second-order valence-corrected chi connectivity index (χ2v) is 6.52. The number of aliphatic hydroxyl groups is 1. The Morgan fingerprint density at radius 2 is 2.13 bits per heavy atom. The van der Waals surface area contributed by atoms with Gasteiger partial charge in [0.05, 0.1) is 12.1 Å². The van der Waals surface area contributed by atoms with Gasteiger partial charge in [-0.05, 0) is 35.2 Å². The first-order valence-corrected chi connectivity index (χ1v) is 7.85. The highest BCUT2D eigenvalue weighted by atomic mass is 16.7. The van der Waals surface area contributed by atoms with Gasteiger partial charge in [0.15, 0.2) is 11.5 Å². The van der Waals surface area contributed by atoms with Crippen molar-refractivity contribution in [3.8, 4) is 11.5 Å². The van der Waals surface area contributed by atoms with E-state index in [4.69, 9.17) is 15.0 Å². The van der Waals surface area contributed by atoms with Gasteiger partial charge in [0, 0.05) is 30.0 Å². The van der Waals surface area contributed by atoms with Crippen LogP contribution >= 0.6 is 0 Å². The fraction of sp³-hybridized carbons (Fsp3) is 0.500. The topological polar surface area (TPSA) is 90.7 Å². The number of benzene rings is 1. The second-order valence-electron chi connectivity index (χ2n) is 6.52. The highest BCUT2D eigenvalue weighted by Crippen LogP contribution is 2.49. The summed E-state index contributed by atoms with van der Waals surface area (Å²) in [5.41, 5.74) is 12.3. The summed E-state index contributed by atoms with van der Waals surface area (Å²) in [7, 11) is 0. The molecular formula is C16H16N4O3. The minimum Gasteiger partial charge on any atom is -0.454 e. The second kappa shape index (κ2) is 4.64. The van der Waals surface area contributed by atoms with Gasteiger partial charge >= 0.3 is 0 Å². The maximum atomic E-state index is 10.8. The molecule has 0 spiro atoms. The Kier molecular flexibility index (Phi) is 2.68. The molecule has 1 N–H and O–H groups in total. The SMILES string of the molecule is [N-]=[N+]=NC1C=C2CCN3Cc4cc5c(cc4C(C1O)C23)OCO5. The van der Waals surface area contributed by atoms with Gasteiger partial charge < -0.3 is 14.6 Å². The number of aliphatic hydroxyl groups excluding tert-OH is 1. The van der Waals surface area contributed by atoms with Crippen LogP contribution in [0.1, 0.15) is 23.5 Å². The van der Waals surface area contributed by atoms with Crippen LogP contribution < -0.4 is 9.47 Å². The first-order valence-electron chi connectivity index (χ1n) is 7.85. The molecule has 4 unspecified atom stereocenters. The van der Waals surface area contributed by atoms with E-state index in [1.807, 2.05) is 18.2 Å². The summed E-state index contributed by atoms with van der Waals surface area (Å²) in [6.45, 7) is 2.06. The molecule has 0 radical (unpaired) electrons. The Balaban J connectivity index is 1.68. The van der Waals surface area contributed by atoms with Crippen LogP contribution in [0.2, 0.25) is 0 Å². The van der Waals surface area contributed by atoms with Gasteiger partial charge in [0.25, 0.3) is 0 Å².